The number of rotatable bonds is 4. The number of hydrogen-bond donors (Lipinski definition) is 2. The fourth-order valence-electron chi connectivity index (χ4n) is 3.96. The third-order valence-electron chi connectivity index (χ3n) is 5.75. The zero-order valence-electron chi connectivity index (χ0n) is 15.8. The van der Waals surface area contributed by atoms with E-state index in [0.717, 1.165) is 18.4 Å². The van der Waals surface area contributed by atoms with Crippen LogP contribution in [0.3, 0.4) is 0 Å². The van der Waals surface area contributed by atoms with Crippen molar-refractivity contribution >= 4 is 11.0 Å². The number of H-pyrrole nitrogens is 1. The van der Waals surface area contributed by atoms with E-state index in [0.29, 0.717) is 34.6 Å². The van der Waals surface area contributed by atoms with Crippen LogP contribution in [0.25, 0.3) is 22.2 Å². The van der Waals surface area contributed by atoms with Gasteiger partial charge < -0.3 is 10.3 Å². The van der Waals surface area contributed by atoms with Crippen molar-refractivity contribution in [1.82, 2.24) is 15.3 Å². The molecule has 1 aliphatic rings. The van der Waals surface area contributed by atoms with Crippen LogP contribution in [-0.2, 0) is 6.54 Å². The smallest absolute Gasteiger partial charge is 0.134 e. The summed E-state index contributed by atoms with van der Waals surface area (Å²) in [5.74, 6) is -1.07. The molecule has 3 aromatic rings. The quantitative estimate of drug-likeness (QED) is 0.631. The van der Waals surface area contributed by atoms with Crippen LogP contribution in [0, 0.1) is 17.0 Å². The average molecular weight is 369 g/mol. The Balaban J connectivity index is 1.50. The number of imidazole rings is 1. The predicted molar refractivity (Wildman–Crippen MR) is 104 cm³/mol. The number of benzene rings is 2. The molecule has 27 heavy (non-hydrogen) atoms. The zero-order valence-corrected chi connectivity index (χ0v) is 15.8. The third kappa shape index (κ3) is 3.88. The number of nitrogens with zero attached hydrogens (tertiary/aromatic N) is 1. The molecule has 1 saturated carbocycles. The first kappa shape index (κ1) is 18.1. The molecule has 0 saturated heterocycles. The fraction of sp³-hybridized carbons (Fsp3) is 0.409. The second-order valence-corrected chi connectivity index (χ2v) is 8.39. The van der Waals surface area contributed by atoms with Crippen LogP contribution in [-0.4, -0.2) is 16.0 Å². The van der Waals surface area contributed by atoms with Crippen molar-refractivity contribution in [3.05, 3.63) is 53.9 Å². The largest absolute Gasteiger partial charge is 0.345 e. The summed E-state index contributed by atoms with van der Waals surface area (Å²) < 4.78 is 29.4. The highest BCUT2D eigenvalue weighted by Gasteiger charge is 2.26. The Bertz CT molecular complexity index is 928. The van der Waals surface area contributed by atoms with Crippen molar-refractivity contribution in [2.24, 2.45) is 5.41 Å². The molecule has 1 aromatic heterocycles. The Labute approximate surface area is 158 Å². The van der Waals surface area contributed by atoms with Gasteiger partial charge in [0.05, 0.1) is 22.9 Å². The molecule has 0 unspecified atom stereocenters. The fourth-order valence-corrected chi connectivity index (χ4v) is 3.96. The minimum absolute atomic E-state index is 0.00284. The molecule has 4 rings (SSSR count). The summed E-state index contributed by atoms with van der Waals surface area (Å²) in [5.41, 5.74) is 3.09. The second kappa shape index (κ2) is 7.04. The van der Waals surface area contributed by atoms with E-state index in [1.54, 1.807) is 24.5 Å². The Morgan fingerprint density at radius 1 is 1.11 bits per heavy atom. The second-order valence-electron chi connectivity index (χ2n) is 8.39. The first-order valence-corrected chi connectivity index (χ1v) is 9.56. The lowest BCUT2D eigenvalue weighted by atomic mass is 9.75. The van der Waals surface area contributed by atoms with Crippen LogP contribution in [0.15, 0.2) is 36.7 Å². The highest BCUT2D eigenvalue weighted by Crippen LogP contribution is 2.35. The molecule has 0 radical (unpaired) electrons. The maximum Gasteiger partial charge on any atom is 0.134 e. The Morgan fingerprint density at radius 2 is 1.81 bits per heavy atom. The molecule has 2 aromatic carbocycles. The van der Waals surface area contributed by atoms with E-state index < -0.39 is 11.6 Å². The number of halogens is 2. The Hall–Kier alpha value is -2.27. The van der Waals surface area contributed by atoms with Crippen molar-refractivity contribution in [3.8, 4) is 11.1 Å². The van der Waals surface area contributed by atoms with Gasteiger partial charge in [0.15, 0.2) is 0 Å². The summed E-state index contributed by atoms with van der Waals surface area (Å²) in [6.07, 6.45) is 6.16. The summed E-state index contributed by atoms with van der Waals surface area (Å²) in [7, 11) is 0. The van der Waals surface area contributed by atoms with Gasteiger partial charge in [-0.3, -0.25) is 0 Å². The van der Waals surface area contributed by atoms with Gasteiger partial charge in [0.1, 0.15) is 11.6 Å². The van der Waals surface area contributed by atoms with Gasteiger partial charge in [-0.1, -0.05) is 19.9 Å². The van der Waals surface area contributed by atoms with Gasteiger partial charge in [0.2, 0.25) is 0 Å². The highest BCUT2D eigenvalue weighted by molar-refractivity contribution is 5.81. The van der Waals surface area contributed by atoms with Crippen molar-refractivity contribution in [2.75, 3.05) is 0 Å². The summed E-state index contributed by atoms with van der Waals surface area (Å²) in [5, 5.41) is 3.46. The van der Waals surface area contributed by atoms with E-state index in [9.17, 15) is 8.78 Å². The van der Waals surface area contributed by atoms with Gasteiger partial charge in [-0.05, 0) is 66.5 Å². The topological polar surface area (TPSA) is 40.7 Å². The van der Waals surface area contributed by atoms with E-state index in [1.165, 1.54) is 25.0 Å². The van der Waals surface area contributed by atoms with Crippen molar-refractivity contribution in [2.45, 2.75) is 52.1 Å². The summed E-state index contributed by atoms with van der Waals surface area (Å²) >= 11 is 0. The van der Waals surface area contributed by atoms with E-state index in [2.05, 4.69) is 29.1 Å². The van der Waals surface area contributed by atoms with Gasteiger partial charge in [0.25, 0.3) is 0 Å². The van der Waals surface area contributed by atoms with E-state index in [4.69, 9.17) is 0 Å². The lowest BCUT2D eigenvalue weighted by molar-refractivity contribution is 0.206. The predicted octanol–water partition coefficient (Wildman–Crippen LogP) is 5.57. The van der Waals surface area contributed by atoms with E-state index in [1.807, 2.05) is 0 Å². The maximum atomic E-state index is 14.7. The molecule has 0 atom stereocenters. The van der Waals surface area contributed by atoms with E-state index >= 15 is 0 Å². The summed E-state index contributed by atoms with van der Waals surface area (Å²) in [6.45, 7) is 5.08. The third-order valence-corrected chi connectivity index (χ3v) is 5.75. The summed E-state index contributed by atoms with van der Waals surface area (Å²) in [6, 6.07) is 8.50. The molecule has 5 heteroatoms. The lowest BCUT2D eigenvalue weighted by Crippen LogP contribution is -2.35. The lowest BCUT2D eigenvalue weighted by Gasteiger charge is -2.34. The normalized spacial score (nSPS) is 17.5. The number of aromatic amines is 1. The number of fused-ring (bicyclic) bond motifs is 1. The molecule has 0 bridgehead atoms. The molecule has 1 aliphatic carbocycles. The molecule has 1 heterocycles. The maximum absolute atomic E-state index is 14.7. The van der Waals surface area contributed by atoms with Crippen LogP contribution < -0.4 is 5.32 Å². The first-order chi connectivity index (χ1) is 12.9. The van der Waals surface area contributed by atoms with Crippen LogP contribution in [0.5, 0.6) is 0 Å². The summed E-state index contributed by atoms with van der Waals surface area (Å²) in [4.78, 5) is 7.15. The molecule has 0 spiro atoms. The monoisotopic (exact) mass is 369 g/mol. The van der Waals surface area contributed by atoms with Crippen LogP contribution in [0.1, 0.15) is 45.1 Å². The number of hydrogen-bond acceptors (Lipinski definition) is 2. The van der Waals surface area contributed by atoms with Gasteiger partial charge >= 0.3 is 0 Å². The van der Waals surface area contributed by atoms with Crippen LogP contribution >= 0.6 is 0 Å². The van der Waals surface area contributed by atoms with Crippen LogP contribution in [0.2, 0.25) is 0 Å². The Morgan fingerprint density at radius 3 is 2.52 bits per heavy atom. The van der Waals surface area contributed by atoms with Gasteiger partial charge in [-0.2, -0.15) is 0 Å². The Kier molecular flexibility index (Phi) is 4.72. The standard InChI is InChI=1S/C22H25F2N3/c1-22(2)7-5-16(6-8-22)25-12-14-9-17(23)21(18(24)10-14)15-3-4-19-20(11-15)27-13-26-19/h3-4,9-11,13,16,25H,5-8,12H2,1-2H3,(H,26,27). The molecule has 1 fully saturated rings. The van der Waals surface area contributed by atoms with Gasteiger partial charge in [-0.15, -0.1) is 0 Å². The molecular formula is C22H25F2N3. The van der Waals surface area contributed by atoms with Crippen molar-refractivity contribution in [3.63, 3.8) is 0 Å². The van der Waals surface area contributed by atoms with Crippen molar-refractivity contribution in [1.29, 1.82) is 0 Å². The van der Waals surface area contributed by atoms with Crippen molar-refractivity contribution < 1.29 is 8.78 Å². The molecule has 142 valence electrons. The first-order valence-electron chi connectivity index (χ1n) is 9.56. The molecule has 2 N–H and O–H groups in total. The SMILES string of the molecule is CC1(C)CCC(NCc2cc(F)c(-c3ccc4[nH]cnc4c3)c(F)c2)CC1. The minimum Gasteiger partial charge on any atom is -0.345 e. The van der Waals surface area contributed by atoms with E-state index in [-0.39, 0.29) is 5.56 Å². The number of aromatic nitrogens is 2. The van der Waals surface area contributed by atoms with Crippen LogP contribution in [0.4, 0.5) is 8.78 Å². The molecule has 3 nitrogen and oxygen atoms in total. The highest BCUT2D eigenvalue weighted by atomic mass is 19.1. The van der Waals surface area contributed by atoms with Gasteiger partial charge in [-0.25, -0.2) is 13.8 Å². The average Bonchev–Trinajstić information content (AvgIpc) is 3.08. The zero-order chi connectivity index (χ0) is 19.0. The molecule has 0 aliphatic heterocycles. The number of nitrogens with one attached hydrogen (secondary N) is 2. The molecular weight excluding hydrogens is 344 g/mol. The minimum atomic E-state index is -0.536. The van der Waals surface area contributed by atoms with Gasteiger partial charge in [0, 0.05) is 12.6 Å². The molecule has 0 amide bonds.